The molecule has 0 unspecified atom stereocenters. The molecule has 7 heteroatoms. The molecule has 1 aliphatic rings. The Balaban J connectivity index is 1.98. The first-order valence-electron chi connectivity index (χ1n) is 6.01. The van der Waals surface area contributed by atoms with Gasteiger partial charge in [0, 0.05) is 43.3 Å². The van der Waals surface area contributed by atoms with Gasteiger partial charge in [0.1, 0.15) is 5.75 Å². The third kappa shape index (κ3) is 3.82. The van der Waals surface area contributed by atoms with Crippen LogP contribution in [0.25, 0.3) is 0 Å². The van der Waals surface area contributed by atoms with Crippen LogP contribution in [0.15, 0.2) is 18.2 Å². The Kier molecular flexibility index (Phi) is 4.35. The SMILES string of the molecule is CS(=O)(=O)N1CCN(Cc2cc(Cl)ccc2O)CC1. The van der Waals surface area contributed by atoms with Crippen LogP contribution in [-0.2, 0) is 16.6 Å². The number of sulfonamides is 1. The maximum atomic E-state index is 11.4. The highest BCUT2D eigenvalue weighted by Gasteiger charge is 2.23. The van der Waals surface area contributed by atoms with Crippen LogP contribution in [0.2, 0.25) is 5.02 Å². The zero-order valence-electron chi connectivity index (χ0n) is 10.7. The lowest BCUT2D eigenvalue weighted by atomic mass is 10.2. The van der Waals surface area contributed by atoms with E-state index < -0.39 is 10.0 Å². The highest BCUT2D eigenvalue weighted by molar-refractivity contribution is 7.88. The van der Waals surface area contributed by atoms with Crippen LogP contribution < -0.4 is 0 Å². The van der Waals surface area contributed by atoms with E-state index in [0.29, 0.717) is 37.7 Å². The van der Waals surface area contributed by atoms with Gasteiger partial charge in [-0.1, -0.05) is 11.6 Å². The molecule has 0 aliphatic carbocycles. The van der Waals surface area contributed by atoms with Crippen LogP contribution >= 0.6 is 11.6 Å². The lowest BCUT2D eigenvalue weighted by Gasteiger charge is -2.33. The van der Waals surface area contributed by atoms with Crippen molar-refractivity contribution in [3.8, 4) is 5.75 Å². The summed E-state index contributed by atoms with van der Waals surface area (Å²) in [5.41, 5.74) is 0.764. The monoisotopic (exact) mass is 304 g/mol. The Morgan fingerprint density at radius 1 is 1.26 bits per heavy atom. The highest BCUT2D eigenvalue weighted by atomic mass is 35.5. The van der Waals surface area contributed by atoms with Gasteiger partial charge < -0.3 is 5.11 Å². The molecule has 1 N–H and O–H groups in total. The molecule has 106 valence electrons. The van der Waals surface area contributed by atoms with E-state index in [2.05, 4.69) is 4.90 Å². The number of hydrogen-bond acceptors (Lipinski definition) is 4. The molecule has 1 aromatic carbocycles. The summed E-state index contributed by atoms with van der Waals surface area (Å²) < 4.78 is 24.3. The standard InChI is InChI=1S/C12H17ClN2O3S/c1-19(17,18)15-6-4-14(5-7-15)9-10-8-11(13)2-3-12(10)16/h2-3,8,16H,4-7,9H2,1H3. The molecule has 1 heterocycles. The minimum atomic E-state index is -3.10. The average molecular weight is 305 g/mol. The summed E-state index contributed by atoms with van der Waals surface area (Å²) in [4.78, 5) is 2.10. The first-order valence-corrected chi connectivity index (χ1v) is 8.24. The molecule has 0 saturated carbocycles. The number of rotatable bonds is 3. The second-order valence-electron chi connectivity index (χ2n) is 4.71. The van der Waals surface area contributed by atoms with E-state index in [1.54, 1.807) is 18.2 Å². The van der Waals surface area contributed by atoms with Crippen molar-refractivity contribution in [3.05, 3.63) is 28.8 Å². The Hall–Kier alpha value is -0.820. The molecule has 0 aromatic heterocycles. The molecule has 1 aromatic rings. The third-order valence-corrected chi connectivity index (χ3v) is 4.77. The van der Waals surface area contributed by atoms with Gasteiger partial charge in [0.05, 0.1) is 6.26 Å². The van der Waals surface area contributed by atoms with Gasteiger partial charge in [-0.3, -0.25) is 4.90 Å². The van der Waals surface area contributed by atoms with Gasteiger partial charge in [-0.05, 0) is 18.2 Å². The van der Waals surface area contributed by atoms with Crippen LogP contribution in [0.4, 0.5) is 0 Å². The van der Waals surface area contributed by atoms with Crippen LogP contribution in [0, 0.1) is 0 Å². The fraction of sp³-hybridized carbons (Fsp3) is 0.500. The molecule has 1 aliphatic heterocycles. The van der Waals surface area contributed by atoms with Gasteiger partial charge in [-0.15, -0.1) is 0 Å². The zero-order valence-corrected chi connectivity index (χ0v) is 12.3. The van der Waals surface area contributed by atoms with Crippen LogP contribution in [0.5, 0.6) is 5.75 Å². The van der Waals surface area contributed by atoms with E-state index in [-0.39, 0.29) is 5.75 Å². The summed E-state index contributed by atoms with van der Waals surface area (Å²) >= 11 is 5.90. The minimum Gasteiger partial charge on any atom is -0.508 e. The maximum Gasteiger partial charge on any atom is 0.211 e. The van der Waals surface area contributed by atoms with E-state index in [1.807, 2.05) is 0 Å². The van der Waals surface area contributed by atoms with Crippen molar-refractivity contribution in [3.63, 3.8) is 0 Å². The van der Waals surface area contributed by atoms with Gasteiger partial charge >= 0.3 is 0 Å². The van der Waals surface area contributed by atoms with Crippen molar-refractivity contribution >= 4 is 21.6 Å². The van der Waals surface area contributed by atoms with Gasteiger partial charge in [0.25, 0.3) is 0 Å². The van der Waals surface area contributed by atoms with Crippen molar-refractivity contribution in [2.24, 2.45) is 0 Å². The lowest BCUT2D eigenvalue weighted by Crippen LogP contribution is -2.47. The van der Waals surface area contributed by atoms with E-state index in [4.69, 9.17) is 11.6 Å². The fourth-order valence-corrected chi connectivity index (χ4v) is 3.16. The molecule has 1 saturated heterocycles. The number of benzene rings is 1. The maximum absolute atomic E-state index is 11.4. The van der Waals surface area contributed by atoms with Gasteiger partial charge in [-0.25, -0.2) is 8.42 Å². The van der Waals surface area contributed by atoms with Gasteiger partial charge in [0.2, 0.25) is 10.0 Å². The molecule has 5 nitrogen and oxygen atoms in total. The van der Waals surface area contributed by atoms with Crippen molar-refractivity contribution in [1.29, 1.82) is 0 Å². The molecule has 0 bridgehead atoms. The number of aromatic hydroxyl groups is 1. The number of phenolic OH excluding ortho intramolecular Hbond substituents is 1. The summed E-state index contributed by atoms with van der Waals surface area (Å²) in [6, 6.07) is 4.95. The van der Waals surface area contributed by atoms with E-state index in [9.17, 15) is 13.5 Å². The molecule has 0 radical (unpaired) electrons. The largest absolute Gasteiger partial charge is 0.508 e. The molecule has 0 amide bonds. The molecule has 2 rings (SSSR count). The van der Waals surface area contributed by atoms with Crippen LogP contribution in [0.3, 0.4) is 0 Å². The number of halogens is 1. The van der Waals surface area contributed by atoms with Gasteiger partial charge in [0.15, 0.2) is 0 Å². The fourth-order valence-electron chi connectivity index (χ4n) is 2.14. The summed E-state index contributed by atoms with van der Waals surface area (Å²) in [7, 11) is -3.10. The van der Waals surface area contributed by atoms with Crippen molar-refractivity contribution in [1.82, 2.24) is 9.21 Å². The minimum absolute atomic E-state index is 0.218. The first-order chi connectivity index (χ1) is 8.86. The predicted molar refractivity (Wildman–Crippen MR) is 74.8 cm³/mol. The van der Waals surface area contributed by atoms with Crippen molar-refractivity contribution in [2.75, 3.05) is 32.4 Å². The number of hydrogen-bond donors (Lipinski definition) is 1. The average Bonchev–Trinajstić information content (AvgIpc) is 2.33. The summed E-state index contributed by atoms with van der Waals surface area (Å²) in [6.07, 6.45) is 1.23. The number of piperazine rings is 1. The molecular weight excluding hydrogens is 288 g/mol. The summed E-state index contributed by atoms with van der Waals surface area (Å²) in [5.74, 6) is 0.218. The molecular formula is C12H17ClN2O3S. The smallest absolute Gasteiger partial charge is 0.211 e. The summed E-state index contributed by atoms with van der Waals surface area (Å²) in [5, 5.41) is 10.3. The Morgan fingerprint density at radius 3 is 2.47 bits per heavy atom. The highest BCUT2D eigenvalue weighted by Crippen LogP contribution is 2.23. The second-order valence-corrected chi connectivity index (χ2v) is 7.13. The van der Waals surface area contributed by atoms with Crippen molar-refractivity contribution < 1.29 is 13.5 Å². The predicted octanol–water partition coefficient (Wildman–Crippen LogP) is 1.12. The van der Waals surface area contributed by atoms with E-state index in [1.165, 1.54) is 10.6 Å². The Bertz CT molecular complexity index is 554. The van der Waals surface area contributed by atoms with Crippen LogP contribution in [-0.4, -0.2) is 55.2 Å². The van der Waals surface area contributed by atoms with Crippen LogP contribution in [0.1, 0.15) is 5.56 Å². The molecule has 0 atom stereocenters. The Labute approximate surface area is 118 Å². The summed E-state index contributed by atoms with van der Waals surface area (Å²) in [6.45, 7) is 2.85. The van der Waals surface area contributed by atoms with E-state index >= 15 is 0 Å². The molecule has 1 fully saturated rings. The number of nitrogens with zero attached hydrogens (tertiary/aromatic N) is 2. The lowest BCUT2D eigenvalue weighted by molar-refractivity contribution is 0.180. The third-order valence-electron chi connectivity index (χ3n) is 3.24. The molecule has 0 spiro atoms. The molecule has 19 heavy (non-hydrogen) atoms. The Morgan fingerprint density at radius 2 is 1.89 bits per heavy atom. The normalized spacial score (nSPS) is 18.6. The second kappa shape index (κ2) is 5.66. The van der Waals surface area contributed by atoms with Crippen molar-refractivity contribution in [2.45, 2.75) is 6.54 Å². The first kappa shape index (κ1) is 14.6. The van der Waals surface area contributed by atoms with E-state index in [0.717, 1.165) is 5.56 Å². The quantitative estimate of drug-likeness (QED) is 0.909. The topological polar surface area (TPSA) is 60.9 Å². The zero-order chi connectivity index (χ0) is 14.0. The number of phenols is 1. The van der Waals surface area contributed by atoms with Gasteiger partial charge in [-0.2, -0.15) is 4.31 Å².